The summed E-state index contributed by atoms with van der Waals surface area (Å²) in [6, 6.07) is -0.485. The van der Waals surface area contributed by atoms with Crippen molar-refractivity contribution in [3.05, 3.63) is 0 Å². The standard InChI is InChI=1S/C8H11NO3/c10-5-1-4-3-9-7(8(11)12)6(4)2-5/h4,6-7,9H,1-3H2,(H,11,12)/t4-,6-,7+/m1/s1. The fourth-order valence-electron chi connectivity index (χ4n) is 2.27. The molecule has 66 valence electrons. The Morgan fingerprint density at radius 2 is 2.25 bits per heavy atom. The number of carboxylic acids is 1. The molecule has 1 aliphatic heterocycles. The van der Waals surface area contributed by atoms with Gasteiger partial charge in [-0.15, -0.1) is 0 Å². The molecule has 0 aromatic heterocycles. The van der Waals surface area contributed by atoms with E-state index in [0.29, 0.717) is 19.4 Å². The summed E-state index contributed by atoms with van der Waals surface area (Å²) in [5, 5.41) is 11.7. The summed E-state index contributed by atoms with van der Waals surface area (Å²) in [4.78, 5) is 21.7. The topological polar surface area (TPSA) is 66.4 Å². The second-order valence-corrected chi connectivity index (χ2v) is 3.60. The van der Waals surface area contributed by atoms with Crippen molar-refractivity contribution in [2.75, 3.05) is 6.54 Å². The van der Waals surface area contributed by atoms with Crippen molar-refractivity contribution in [1.29, 1.82) is 0 Å². The second-order valence-electron chi connectivity index (χ2n) is 3.60. The molecule has 4 nitrogen and oxygen atoms in total. The number of hydrogen-bond acceptors (Lipinski definition) is 3. The highest BCUT2D eigenvalue weighted by Gasteiger charge is 2.45. The van der Waals surface area contributed by atoms with Gasteiger partial charge in [-0.1, -0.05) is 0 Å². The molecule has 2 rings (SSSR count). The van der Waals surface area contributed by atoms with Crippen LogP contribution in [0.3, 0.4) is 0 Å². The van der Waals surface area contributed by atoms with E-state index in [2.05, 4.69) is 5.32 Å². The Morgan fingerprint density at radius 3 is 2.92 bits per heavy atom. The molecule has 0 aromatic carbocycles. The molecule has 0 unspecified atom stereocenters. The first kappa shape index (κ1) is 7.73. The second kappa shape index (κ2) is 2.55. The number of nitrogens with one attached hydrogen (secondary N) is 1. The molecule has 0 bridgehead atoms. The van der Waals surface area contributed by atoms with E-state index < -0.39 is 12.0 Å². The molecule has 1 saturated carbocycles. The van der Waals surface area contributed by atoms with E-state index in [4.69, 9.17) is 5.11 Å². The van der Waals surface area contributed by atoms with Gasteiger partial charge in [0, 0.05) is 12.8 Å². The highest BCUT2D eigenvalue weighted by Crippen LogP contribution is 2.35. The smallest absolute Gasteiger partial charge is 0.321 e. The van der Waals surface area contributed by atoms with Gasteiger partial charge in [0.15, 0.2) is 0 Å². The molecule has 0 spiro atoms. The number of hydrogen-bond donors (Lipinski definition) is 2. The minimum atomic E-state index is -0.822. The molecule has 1 saturated heterocycles. The number of rotatable bonds is 1. The molecule has 0 radical (unpaired) electrons. The number of ketones is 1. The molecule has 2 aliphatic rings. The summed E-state index contributed by atoms with van der Waals surface area (Å²) in [5.41, 5.74) is 0. The lowest BCUT2D eigenvalue weighted by molar-refractivity contribution is -0.140. The van der Waals surface area contributed by atoms with Gasteiger partial charge in [-0.3, -0.25) is 9.59 Å². The quantitative estimate of drug-likeness (QED) is 0.562. The predicted molar refractivity (Wildman–Crippen MR) is 40.6 cm³/mol. The minimum Gasteiger partial charge on any atom is -0.480 e. The van der Waals surface area contributed by atoms with Gasteiger partial charge in [0.2, 0.25) is 0 Å². The van der Waals surface area contributed by atoms with E-state index in [-0.39, 0.29) is 17.6 Å². The Bertz CT molecular complexity index is 238. The van der Waals surface area contributed by atoms with Crippen LogP contribution in [0.2, 0.25) is 0 Å². The molecule has 2 N–H and O–H groups in total. The average Bonchev–Trinajstić information content (AvgIpc) is 2.43. The SMILES string of the molecule is O=C1C[C@@H]2CN[C@H](C(=O)O)[C@@H]2C1. The van der Waals surface area contributed by atoms with Gasteiger partial charge in [0.25, 0.3) is 0 Å². The maximum atomic E-state index is 11.0. The van der Waals surface area contributed by atoms with Crippen LogP contribution in [-0.4, -0.2) is 29.4 Å². The molecule has 3 atom stereocenters. The van der Waals surface area contributed by atoms with Crippen molar-refractivity contribution in [1.82, 2.24) is 5.32 Å². The maximum Gasteiger partial charge on any atom is 0.321 e. The van der Waals surface area contributed by atoms with Gasteiger partial charge in [0.1, 0.15) is 11.8 Å². The number of Topliss-reactive ketones (excluding diaryl/α,β-unsaturated/α-hetero) is 1. The zero-order chi connectivity index (χ0) is 8.72. The Balaban J connectivity index is 2.13. The zero-order valence-corrected chi connectivity index (χ0v) is 6.62. The van der Waals surface area contributed by atoms with Crippen molar-refractivity contribution in [2.24, 2.45) is 11.8 Å². The van der Waals surface area contributed by atoms with E-state index in [1.54, 1.807) is 0 Å². The van der Waals surface area contributed by atoms with Crippen molar-refractivity contribution in [3.63, 3.8) is 0 Å². The summed E-state index contributed by atoms with van der Waals surface area (Å²) in [5.74, 6) is -0.274. The Morgan fingerprint density at radius 1 is 1.50 bits per heavy atom. The molecule has 4 heteroatoms. The molecular formula is C8H11NO3. The first-order valence-electron chi connectivity index (χ1n) is 4.16. The van der Waals surface area contributed by atoms with Crippen LogP contribution < -0.4 is 5.32 Å². The van der Waals surface area contributed by atoms with Crippen LogP contribution in [0.15, 0.2) is 0 Å². The van der Waals surface area contributed by atoms with E-state index >= 15 is 0 Å². The largest absolute Gasteiger partial charge is 0.480 e. The number of fused-ring (bicyclic) bond motifs is 1. The highest BCUT2D eigenvalue weighted by molar-refractivity contribution is 5.84. The summed E-state index contributed by atoms with van der Waals surface area (Å²) < 4.78 is 0. The lowest BCUT2D eigenvalue weighted by atomic mass is 9.94. The van der Waals surface area contributed by atoms with Gasteiger partial charge in [-0.25, -0.2) is 0 Å². The number of carbonyl (C=O) groups excluding carboxylic acids is 1. The number of carboxylic acid groups (broad SMARTS) is 1. The van der Waals surface area contributed by atoms with Crippen LogP contribution in [0.4, 0.5) is 0 Å². The number of carbonyl (C=O) groups is 2. The molecular weight excluding hydrogens is 158 g/mol. The van der Waals surface area contributed by atoms with Crippen molar-refractivity contribution >= 4 is 11.8 Å². The van der Waals surface area contributed by atoms with Crippen molar-refractivity contribution < 1.29 is 14.7 Å². The van der Waals surface area contributed by atoms with E-state index in [0.717, 1.165) is 0 Å². The average molecular weight is 169 g/mol. The molecule has 1 aliphatic carbocycles. The zero-order valence-electron chi connectivity index (χ0n) is 6.62. The van der Waals surface area contributed by atoms with Crippen LogP contribution in [0, 0.1) is 11.8 Å². The molecule has 2 fully saturated rings. The fraction of sp³-hybridized carbons (Fsp3) is 0.750. The molecule has 0 amide bonds. The summed E-state index contributed by atoms with van der Waals surface area (Å²) in [6.45, 7) is 0.688. The van der Waals surface area contributed by atoms with Crippen molar-refractivity contribution in [3.8, 4) is 0 Å². The third-order valence-electron chi connectivity index (χ3n) is 2.85. The van der Waals surface area contributed by atoms with E-state index in [1.807, 2.05) is 0 Å². The summed E-state index contributed by atoms with van der Waals surface area (Å²) >= 11 is 0. The first-order chi connectivity index (χ1) is 5.68. The van der Waals surface area contributed by atoms with Crippen LogP contribution >= 0.6 is 0 Å². The van der Waals surface area contributed by atoms with E-state index in [9.17, 15) is 9.59 Å². The van der Waals surface area contributed by atoms with Crippen LogP contribution in [-0.2, 0) is 9.59 Å². The van der Waals surface area contributed by atoms with E-state index in [1.165, 1.54) is 0 Å². The van der Waals surface area contributed by atoms with Crippen LogP contribution in [0.5, 0.6) is 0 Å². The first-order valence-corrected chi connectivity index (χ1v) is 4.16. The molecule has 1 heterocycles. The molecule has 12 heavy (non-hydrogen) atoms. The molecule has 0 aromatic rings. The number of aliphatic carboxylic acids is 1. The summed E-state index contributed by atoms with van der Waals surface area (Å²) in [6.07, 6.45) is 1.02. The Hall–Kier alpha value is -0.900. The van der Waals surface area contributed by atoms with Gasteiger partial charge in [0.05, 0.1) is 0 Å². The van der Waals surface area contributed by atoms with Gasteiger partial charge < -0.3 is 10.4 Å². The third-order valence-corrected chi connectivity index (χ3v) is 2.85. The van der Waals surface area contributed by atoms with Crippen molar-refractivity contribution in [2.45, 2.75) is 18.9 Å². The Labute approximate surface area is 69.9 Å². The maximum absolute atomic E-state index is 11.0. The Kier molecular flexibility index (Phi) is 1.65. The monoisotopic (exact) mass is 169 g/mol. The highest BCUT2D eigenvalue weighted by atomic mass is 16.4. The van der Waals surface area contributed by atoms with Gasteiger partial charge in [-0.2, -0.15) is 0 Å². The fourth-order valence-corrected chi connectivity index (χ4v) is 2.27. The lowest BCUT2D eigenvalue weighted by Gasteiger charge is -2.11. The van der Waals surface area contributed by atoms with Gasteiger partial charge in [-0.05, 0) is 18.4 Å². The normalized spacial score (nSPS) is 40.0. The lowest BCUT2D eigenvalue weighted by Crippen LogP contribution is -2.35. The minimum absolute atomic E-state index is 0.0509. The summed E-state index contributed by atoms with van der Waals surface area (Å²) in [7, 11) is 0. The van der Waals surface area contributed by atoms with Crippen LogP contribution in [0.1, 0.15) is 12.8 Å². The van der Waals surface area contributed by atoms with Gasteiger partial charge >= 0.3 is 5.97 Å². The predicted octanol–water partition coefficient (Wildman–Crippen LogP) is -0.362. The van der Waals surface area contributed by atoms with Crippen LogP contribution in [0.25, 0.3) is 0 Å². The third kappa shape index (κ3) is 1.03.